The number of ketones is 1. The number of hydrogen-bond donors (Lipinski definition) is 1. The molecule has 1 N–H and O–H groups in total. The molecule has 0 radical (unpaired) electrons. The van der Waals surface area contributed by atoms with Crippen molar-refractivity contribution in [2.45, 2.75) is 46.1 Å². The summed E-state index contributed by atoms with van der Waals surface area (Å²) in [6.45, 7) is 6.54. The molecule has 0 bridgehead atoms. The van der Waals surface area contributed by atoms with Gasteiger partial charge in [-0.1, -0.05) is 12.8 Å². The Balaban J connectivity index is 1.70. The van der Waals surface area contributed by atoms with E-state index in [-0.39, 0.29) is 11.5 Å². The fourth-order valence-electron chi connectivity index (χ4n) is 3.90. The number of hydrogen-bond acceptors (Lipinski definition) is 5. The molecule has 1 fully saturated rings. The van der Waals surface area contributed by atoms with Gasteiger partial charge in [0.25, 0.3) is 0 Å². The average molecular weight is 384 g/mol. The lowest BCUT2D eigenvalue weighted by Gasteiger charge is -2.21. The molecular weight excluding hydrogens is 358 g/mol. The second-order valence-electron chi connectivity index (χ2n) is 7.49. The Bertz CT molecular complexity index is 905. The minimum atomic E-state index is -0.0904. The van der Waals surface area contributed by atoms with E-state index in [2.05, 4.69) is 4.90 Å². The molecule has 0 spiro atoms. The topological polar surface area (TPSA) is 49.8 Å². The Hall–Kier alpha value is -2.11. The fourth-order valence-corrected chi connectivity index (χ4v) is 4.75. The van der Waals surface area contributed by atoms with Gasteiger partial charge in [-0.15, -0.1) is 11.3 Å². The first-order valence-electron chi connectivity index (χ1n) is 9.60. The molecule has 142 valence electrons. The van der Waals surface area contributed by atoms with Gasteiger partial charge >= 0.3 is 0 Å². The van der Waals surface area contributed by atoms with Gasteiger partial charge in [-0.2, -0.15) is 0 Å². The van der Waals surface area contributed by atoms with Gasteiger partial charge in [-0.05, 0) is 68.4 Å². The number of carbonyl (C=O) groups is 1. The van der Waals surface area contributed by atoms with Gasteiger partial charge in [0, 0.05) is 17.5 Å². The number of benzene rings is 1. The normalized spacial score (nSPS) is 19.2. The minimum Gasteiger partial charge on any atom is -0.507 e. The molecule has 4 nitrogen and oxygen atoms in total. The molecule has 3 heterocycles. The van der Waals surface area contributed by atoms with Crippen molar-refractivity contribution >= 4 is 23.2 Å². The Morgan fingerprint density at radius 2 is 1.93 bits per heavy atom. The van der Waals surface area contributed by atoms with E-state index in [1.54, 1.807) is 17.4 Å². The van der Waals surface area contributed by atoms with Gasteiger partial charge in [-0.25, -0.2) is 0 Å². The van der Waals surface area contributed by atoms with Crippen LogP contribution in [0.25, 0.3) is 6.08 Å². The second kappa shape index (κ2) is 7.49. The summed E-state index contributed by atoms with van der Waals surface area (Å²) in [5, 5.41) is 12.6. The van der Waals surface area contributed by atoms with Crippen LogP contribution in [-0.2, 0) is 6.54 Å². The number of carbonyl (C=O) groups excluding carboxylic acids is 1. The third kappa shape index (κ3) is 3.54. The van der Waals surface area contributed by atoms with Crippen LogP contribution in [0.5, 0.6) is 11.5 Å². The Morgan fingerprint density at radius 1 is 1.19 bits per heavy atom. The molecule has 1 saturated heterocycles. The monoisotopic (exact) mass is 383 g/mol. The Morgan fingerprint density at radius 3 is 2.59 bits per heavy atom. The van der Waals surface area contributed by atoms with Gasteiger partial charge in [0.2, 0.25) is 5.78 Å². The first kappa shape index (κ1) is 18.3. The van der Waals surface area contributed by atoms with E-state index in [0.29, 0.717) is 23.6 Å². The van der Waals surface area contributed by atoms with Crippen LogP contribution in [0, 0.1) is 13.8 Å². The van der Waals surface area contributed by atoms with Gasteiger partial charge in [0.05, 0.1) is 11.1 Å². The number of allylic oxidation sites excluding steroid dienone is 1. The third-order valence-corrected chi connectivity index (χ3v) is 6.43. The number of thiophene rings is 1. The van der Waals surface area contributed by atoms with E-state index in [1.165, 1.54) is 25.7 Å². The molecule has 5 heteroatoms. The maximum atomic E-state index is 13.0. The van der Waals surface area contributed by atoms with Gasteiger partial charge in [0.15, 0.2) is 5.76 Å². The number of likely N-dealkylation sites (tertiary alicyclic amines) is 1. The second-order valence-corrected chi connectivity index (χ2v) is 8.44. The lowest BCUT2D eigenvalue weighted by Crippen LogP contribution is -2.24. The van der Waals surface area contributed by atoms with Crippen molar-refractivity contribution in [3.63, 3.8) is 0 Å². The van der Waals surface area contributed by atoms with E-state index in [1.807, 2.05) is 31.4 Å². The summed E-state index contributed by atoms with van der Waals surface area (Å²) >= 11 is 1.59. The van der Waals surface area contributed by atoms with Crippen molar-refractivity contribution in [1.29, 1.82) is 0 Å². The van der Waals surface area contributed by atoms with Crippen LogP contribution in [0.4, 0.5) is 0 Å². The number of aromatic hydroxyl groups is 1. The molecule has 4 rings (SSSR count). The van der Waals surface area contributed by atoms with Crippen LogP contribution in [0.3, 0.4) is 0 Å². The molecule has 2 aliphatic rings. The zero-order chi connectivity index (χ0) is 19.0. The van der Waals surface area contributed by atoms with Crippen molar-refractivity contribution in [3.05, 3.63) is 50.4 Å². The zero-order valence-corrected chi connectivity index (χ0v) is 16.7. The maximum Gasteiger partial charge on any atom is 0.232 e. The number of nitrogens with zero attached hydrogens (tertiary/aromatic N) is 1. The summed E-state index contributed by atoms with van der Waals surface area (Å²) in [6.07, 6.45) is 6.70. The molecule has 27 heavy (non-hydrogen) atoms. The molecule has 1 aromatic carbocycles. The molecule has 0 aliphatic carbocycles. The molecule has 2 aromatic rings. The molecule has 2 aliphatic heterocycles. The molecule has 0 unspecified atom stereocenters. The number of aryl methyl sites for hydroxylation is 2. The lowest BCUT2D eigenvalue weighted by molar-refractivity contribution is 0.101. The lowest BCUT2D eigenvalue weighted by atomic mass is 9.99. The average Bonchev–Trinajstić information content (AvgIpc) is 3.06. The number of phenolic OH excluding ortho intramolecular Hbond substituents is 1. The number of phenols is 1. The van der Waals surface area contributed by atoms with Gasteiger partial charge in [0.1, 0.15) is 11.5 Å². The molecule has 0 atom stereocenters. The van der Waals surface area contributed by atoms with E-state index >= 15 is 0 Å². The van der Waals surface area contributed by atoms with Crippen LogP contribution in [0.1, 0.15) is 57.6 Å². The largest absolute Gasteiger partial charge is 0.507 e. The summed E-state index contributed by atoms with van der Waals surface area (Å²) in [4.78, 5) is 16.4. The highest BCUT2D eigenvalue weighted by atomic mass is 32.1. The highest BCUT2D eigenvalue weighted by Gasteiger charge is 2.33. The van der Waals surface area contributed by atoms with Crippen LogP contribution in [0.2, 0.25) is 0 Å². The van der Waals surface area contributed by atoms with Crippen LogP contribution in [0.15, 0.2) is 23.3 Å². The number of rotatable bonds is 3. The standard InChI is InChI=1S/C22H25NO3S/c1-14-7-10-27-19(14)12-18-21(25)20-15(2)11-17(24)16(22(20)26-18)13-23-8-5-3-4-6-9-23/h7,10-12,24H,3-6,8-9,13H2,1-2H3/b18-12-. The first-order chi connectivity index (χ1) is 13.0. The molecular formula is C22H25NO3S. The first-order valence-corrected chi connectivity index (χ1v) is 10.5. The number of ether oxygens (including phenoxy) is 1. The summed E-state index contributed by atoms with van der Waals surface area (Å²) in [5.74, 6) is 1.02. The maximum absolute atomic E-state index is 13.0. The predicted octanol–water partition coefficient (Wildman–Crippen LogP) is 5.06. The summed E-state index contributed by atoms with van der Waals surface area (Å²) < 4.78 is 6.04. The summed E-state index contributed by atoms with van der Waals surface area (Å²) in [7, 11) is 0. The summed E-state index contributed by atoms with van der Waals surface area (Å²) in [6, 6.07) is 3.73. The van der Waals surface area contributed by atoms with Crippen molar-refractivity contribution in [2.24, 2.45) is 0 Å². The number of fused-ring (bicyclic) bond motifs is 1. The van der Waals surface area contributed by atoms with Crippen LogP contribution >= 0.6 is 11.3 Å². The van der Waals surface area contributed by atoms with Crippen LogP contribution < -0.4 is 4.74 Å². The van der Waals surface area contributed by atoms with Crippen LogP contribution in [-0.4, -0.2) is 28.9 Å². The predicted molar refractivity (Wildman–Crippen MR) is 109 cm³/mol. The molecule has 0 saturated carbocycles. The Labute approximate surface area is 164 Å². The van der Waals surface area contributed by atoms with E-state index < -0.39 is 0 Å². The third-order valence-electron chi connectivity index (χ3n) is 5.47. The minimum absolute atomic E-state index is 0.0904. The smallest absolute Gasteiger partial charge is 0.232 e. The van der Waals surface area contributed by atoms with Crippen molar-refractivity contribution in [1.82, 2.24) is 4.90 Å². The van der Waals surface area contributed by atoms with E-state index in [0.717, 1.165) is 34.7 Å². The van der Waals surface area contributed by atoms with Crippen molar-refractivity contribution in [3.8, 4) is 11.5 Å². The van der Waals surface area contributed by atoms with E-state index in [4.69, 9.17) is 4.74 Å². The van der Waals surface area contributed by atoms with Crippen molar-refractivity contribution < 1.29 is 14.6 Å². The Kier molecular flexibility index (Phi) is 5.06. The fraction of sp³-hybridized carbons (Fsp3) is 0.409. The summed E-state index contributed by atoms with van der Waals surface area (Å²) in [5.41, 5.74) is 3.22. The SMILES string of the molecule is Cc1ccsc1/C=C1\Oc2c(CN3CCCCCC3)c(O)cc(C)c2C1=O. The highest BCUT2D eigenvalue weighted by molar-refractivity contribution is 7.11. The highest BCUT2D eigenvalue weighted by Crippen LogP contribution is 2.42. The van der Waals surface area contributed by atoms with Gasteiger partial charge in [-0.3, -0.25) is 9.69 Å². The number of Topliss-reactive ketones (excluding diaryl/α,β-unsaturated/α-hetero) is 1. The zero-order valence-electron chi connectivity index (χ0n) is 15.9. The van der Waals surface area contributed by atoms with Crippen molar-refractivity contribution in [2.75, 3.05) is 13.1 Å². The quantitative estimate of drug-likeness (QED) is 0.753. The van der Waals surface area contributed by atoms with E-state index in [9.17, 15) is 9.90 Å². The van der Waals surface area contributed by atoms with Gasteiger partial charge < -0.3 is 9.84 Å². The molecule has 0 amide bonds. The molecule has 1 aromatic heterocycles.